The Morgan fingerprint density at radius 2 is 2.17 bits per heavy atom. The van der Waals surface area contributed by atoms with Crippen LogP contribution in [0.5, 0.6) is 0 Å². The van der Waals surface area contributed by atoms with Crippen LogP contribution in [-0.4, -0.2) is 23.2 Å². The van der Waals surface area contributed by atoms with Crippen molar-refractivity contribution in [3.05, 3.63) is 29.6 Å². The van der Waals surface area contributed by atoms with Crippen molar-refractivity contribution in [1.82, 2.24) is 4.98 Å². The summed E-state index contributed by atoms with van der Waals surface area (Å²) in [6.07, 6.45) is 7.26. The Hall–Kier alpha value is -1.00. The van der Waals surface area contributed by atoms with Gasteiger partial charge in [0.2, 0.25) is 5.05 Å². The lowest BCUT2D eigenvalue weighted by atomic mass is 10.1. The lowest BCUT2D eigenvalue weighted by molar-refractivity contribution is 0.303. The number of nitrogens with two attached hydrogens (primary N) is 1. The zero-order valence-corrected chi connectivity index (χ0v) is 11.8. The van der Waals surface area contributed by atoms with Gasteiger partial charge in [-0.25, -0.2) is 0 Å². The quantitative estimate of drug-likeness (QED) is 0.580. The molecule has 0 amide bonds. The molecule has 0 spiro atoms. The topological polar surface area (TPSA) is 48.1 Å². The van der Waals surface area contributed by atoms with Crippen LogP contribution in [0.25, 0.3) is 0 Å². The first-order chi connectivity index (χ1) is 8.77. The van der Waals surface area contributed by atoms with Gasteiger partial charge in [-0.15, -0.1) is 0 Å². The number of pyridine rings is 1. The number of thiocarbonyl (C=S) groups is 1. The van der Waals surface area contributed by atoms with E-state index in [9.17, 15) is 0 Å². The van der Waals surface area contributed by atoms with E-state index in [1.165, 1.54) is 18.4 Å². The second-order valence-electron chi connectivity index (χ2n) is 4.29. The molecule has 0 fully saturated rings. The highest BCUT2D eigenvalue weighted by Crippen LogP contribution is 2.07. The standard InChI is InChI=1S/C14H22N2OS/c1-2-3-6-12-7-8-13(16-11-12)14(18)17-10-5-4-9-15/h7-8,11H,2-6,9-10,15H2,1H3. The van der Waals surface area contributed by atoms with Gasteiger partial charge in [-0.2, -0.15) is 0 Å². The normalized spacial score (nSPS) is 10.3. The van der Waals surface area contributed by atoms with Crippen molar-refractivity contribution in [3.63, 3.8) is 0 Å². The molecule has 0 unspecified atom stereocenters. The molecule has 1 heterocycles. The maximum Gasteiger partial charge on any atom is 0.210 e. The van der Waals surface area contributed by atoms with Gasteiger partial charge in [0, 0.05) is 6.20 Å². The van der Waals surface area contributed by atoms with Gasteiger partial charge >= 0.3 is 0 Å². The molecule has 0 aliphatic heterocycles. The van der Waals surface area contributed by atoms with Crippen LogP contribution in [0.4, 0.5) is 0 Å². The number of unbranched alkanes of at least 4 members (excludes halogenated alkanes) is 2. The molecule has 0 atom stereocenters. The van der Waals surface area contributed by atoms with Crippen molar-refractivity contribution in [2.75, 3.05) is 13.2 Å². The van der Waals surface area contributed by atoms with Crippen molar-refractivity contribution < 1.29 is 4.74 Å². The minimum absolute atomic E-state index is 0.481. The Balaban J connectivity index is 2.38. The Labute approximate surface area is 115 Å². The van der Waals surface area contributed by atoms with Crippen LogP contribution in [0.1, 0.15) is 43.9 Å². The average molecular weight is 266 g/mol. The van der Waals surface area contributed by atoms with E-state index in [1.54, 1.807) is 0 Å². The van der Waals surface area contributed by atoms with Crippen LogP contribution in [-0.2, 0) is 11.2 Å². The maximum atomic E-state index is 5.46. The van der Waals surface area contributed by atoms with Crippen LogP contribution in [0, 0.1) is 0 Å². The number of aryl methyl sites for hydroxylation is 1. The minimum atomic E-state index is 0.481. The third kappa shape index (κ3) is 5.56. The first-order valence-corrected chi connectivity index (χ1v) is 7.01. The van der Waals surface area contributed by atoms with E-state index in [1.807, 2.05) is 12.3 Å². The van der Waals surface area contributed by atoms with Crippen molar-refractivity contribution in [1.29, 1.82) is 0 Å². The second kappa shape index (κ2) is 9.00. The number of aromatic nitrogens is 1. The van der Waals surface area contributed by atoms with Crippen LogP contribution < -0.4 is 5.73 Å². The summed E-state index contributed by atoms with van der Waals surface area (Å²) in [7, 11) is 0. The van der Waals surface area contributed by atoms with Gasteiger partial charge in [0.25, 0.3) is 0 Å². The minimum Gasteiger partial charge on any atom is -0.482 e. The van der Waals surface area contributed by atoms with E-state index in [4.69, 9.17) is 22.7 Å². The first-order valence-electron chi connectivity index (χ1n) is 6.60. The summed E-state index contributed by atoms with van der Waals surface area (Å²) in [5, 5.41) is 0.481. The second-order valence-corrected chi connectivity index (χ2v) is 4.66. The molecular formula is C14H22N2OS. The summed E-state index contributed by atoms with van der Waals surface area (Å²) < 4.78 is 5.46. The van der Waals surface area contributed by atoms with Gasteiger partial charge in [-0.1, -0.05) is 19.4 Å². The Morgan fingerprint density at radius 3 is 2.78 bits per heavy atom. The zero-order chi connectivity index (χ0) is 13.2. The summed E-state index contributed by atoms with van der Waals surface area (Å²) in [6, 6.07) is 4.02. The highest BCUT2D eigenvalue weighted by atomic mass is 32.1. The van der Waals surface area contributed by atoms with E-state index in [-0.39, 0.29) is 0 Å². The van der Waals surface area contributed by atoms with E-state index in [0.29, 0.717) is 18.2 Å². The van der Waals surface area contributed by atoms with Crippen LogP contribution in [0.15, 0.2) is 18.3 Å². The molecule has 0 aromatic carbocycles. The summed E-state index contributed by atoms with van der Waals surface area (Å²) in [6.45, 7) is 3.50. The van der Waals surface area contributed by atoms with Crippen molar-refractivity contribution in [2.45, 2.75) is 39.0 Å². The molecule has 1 rings (SSSR count). The Kier molecular flexibility index (Phi) is 7.53. The SMILES string of the molecule is CCCCc1ccc(C(=S)OCCCCN)nc1. The number of hydrogen-bond acceptors (Lipinski definition) is 4. The molecule has 3 nitrogen and oxygen atoms in total. The number of rotatable bonds is 8. The molecule has 0 radical (unpaired) electrons. The molecule has 4 heteroatoms. The molecular weight excluding hydrogens is 244 g/mol. The van der Waals surface area contributed by atoms with Crippen LogP contribution in [0.3, 0.4) is 0 Å². The number of nitrogens with zero attached hydrogens (tertiary/aromatic N) is 1. The molecule has 1 aromatic rings. The molecule has 0 aliphatic carbocycles. The van der Waals surface area contributed by atoms with Crippen molar-refractivity contribution in [3.8, 4) is 0 Å². The highest BCUT2D eigenvalue weighted by Gasteiger charge is 2.04. The predicted octanol–water partition coefficient (Wildman–Crippen LogP) is 2.86. The van der Waals surface area contributed by atoms with Gasteiger partial charge in [0.05, 0.1) is 6.61 Å². The fraction of sp³-hybridized carbons (Fsp3) is 0.571. The zero-order valence-electron chi connectivity index (χ0n) is 11.0. The van der Waals surface area contributed by atoms with Gasteiger partial charge in [-0.05, 0) is 56.1 Å². The fourth-order valence-electron chi connectivity index (χ4n) is 1.56. The molecule has 1 aromatic heterocycles. The predicted molar refractivity (Wildman–Crippen MR) is 78.8 cm³/mol. The average Bonchev–Trinajstić information content (AvgIpc) is 2.41. The summed E-state index contributed by atoms with van der Waals surface area (Å²) in [5.74, 6) is 0. The molecule has 0 saturated carbocycles. The summed E-state index contributed by atoms with van der Waals surface area (Å²) >= 11 is 5.18. The molecule has 0 aliphatic rings. The maximum absolute atomic E-state index is 5.46. The van der Waals surface area contributed by atoms with Crippen molar-refractivity contribution in [2.24, 2.45) is 5.73 Å². The van der Waals surface area contributed by atoms with E-state index < -0.39 is 0 Å². The summed E-state index contributed by atoms with van der Waals surface area (Å²) in [5.41, 5.74) is 7.42. The molecule has 0 bridgehead atoms. The van der Waals surface area contributed by atoms with Crippen LogP contribution >= 0.6 is 12.2 Å². The largest absolute Gasteiger partial charge is 0.482 e. The van der Waals surface area contributed by atoms with Crippen LogP contribution in [0.2, 0.25) is 0 Å². The third-order valence-corrected chi connectivity index (χ3v) is 3.01. The number of hydrogen-bond donors (Lipinski definition) is 1. The monoisotopic (exact) mass is 266 g/mol. The third-order valence-electron chi connectivity index (χ3n) is 2.68. The van der Waals surface area contributed by atoms with Gasteiger partial charge in [-0.3, -0.25) is 4.98 Å². The van der Waals surface area contributed by atoms with Gasteiger partial charge in [0.1, 0.15) is 5.69 Å². The van der Waals surface area contributed by atoms with Gasteiger partial charge in [0.15, 0.2) is 0 Å². The lowest BCUT2D eigenvalue weighted by Gasteiger charge is -2.07. The summed E-state index contributed by atoms with van der Waals surface area (Å²) in [4.78, 5) is 4.34. The fourth-order valence-corrected chi connectivity index (χ4v) is 1.76. The van der Waals surface area contributed by atoms with Gasteiger partial charge < -0.3 is 10.5 Å². The van der Waals surface area contributed by atoms with Crippen molar-refractivity contribution >= 4 is 17.3 Å². The smallest absolute Gasteiger partial charge is 0.210 e. The lowest BCUT2D eigenvalue weighted by Crippen LogP contribution is -2.08. The first kappa shape index (κ1) is 15.1. The Morgan fingerprint density at radius 1 is 1.33 bits per heavy atom. The molecule has 2 N–H and O–H groups in total. The van der Waals surface area contributed by atoms with E-state index >= 15 is 0 Å². The molecule has 18 heavy (non-hydrogen) atoms. The molecule has 0 saturated heterocycles. The van der Waals surface area contributed by atoms with E-state index in [2.05, 4.69) is 18.0 Å². The van der Waals surface area contributed by atoms with E-state index in [0.717, 1.165) is 25.0 Å². The Bertz CT molecular complexity index is 351. The number of ether oxygens (including phenoxy) is 1. The molecule has 100 valence electrons. The highest BCUT2D eigenvalue weighted by molar-refractivity contribution is 7.80.